The van der Waals surface area contributed by atoms with Gasteiger partial charge in [0.1, 0.15) is 6.07 Å². The summed E-state index contributed by atoms with van der Waals surface area (Å²) in [5.41, 5.74) is 7.98. The normalized spacial score (nSPS) is 19.9. The Hall–Kier alpha value is -3.02. The number of benzene rings is 1. The number of hydrogen-bond donors (Lipinski definition) is 3. The lowest BCUT2D eigenvalue weighted by Gasteiger charge is -2.17. The van der Waals surface area contributed by atoms with Gasteiger partial charge in [-0.15, -0.1) is 10.2 Å². The third-order valence-electron chi connectivity index (χ3n) is 4.99. The summed E-state index contributed by atoms with van der Waals surface area (Å²) in [4.78, 5) is 14.2. The first-order valence-corrected chi connectivity index (χ1v) is 9.25. The van der Waals surface area contributed by atoms with Crippen molar-refractivity contribution in [3.63, 3.8) is 0 Å². The highest BCUT2D eigenvalue weighted by Crippen LogP contribution is 2.18. The molecule has 1 amide bonds. The summed E-state index contributed by atoms with van der Waals surface area (Å²) in [7, 11) is 0. The second-order valence-electron chi connectivity index (χ2n) is 7.09. The minimum atomic E-state index is -0.700. The molecule has 1 aliphatic rings. The van der Waals surface area contributed by atoms with Crippen LogP contribution in [0.2, 0.25) is 0 Å². The summed E-state index contributed by atoms with van der Waals surface area (Å²) in [5.74, 6) is 0.712. The second-order valence-corrected chi connectivity index (χ2v) is 7.09. The smallest absolute Gasteiger partial charge is 0.224 e. The summed E-state index contributed by atoms with van der Waals surface area (Å²) in [5, 5.41) is 29.8. The van der Waals surface area contributed by atoms with Crippen LogP contribution in [-0.4, -0.2) is 53.0 Å². The number of nitrogens with two attached hydrogens (primary N) is 1. The van der Waals surface area contributed by atoms with E-state index >= 15 is 0 Å². The fraction of sp³-hybridized carbons (Fsp3) is 0.400. The van der Waals surface area contributed by atoms with Crippen molar-refractivity contribution in [2.75, 3.05) is 24.5 Å². The van der Waals surface area contributed by atoms with Crippen molar-refractivity contribution in [2.45, 2.75) is 31.4 Å². The van der Waals surface area contributed by atoms with E-state index in [0.717, 1.165) is 11.1 Å². The number of aliphatic hydroxyl groups excluding tert-OH is 1. The molecule has 3 atom stereocenters. The van der Waals surface area contributed by atoms with Crippen LogP contribution in [0.5, 0.6) is 0 Å². The number of β-amino-alcohol motifs (C(OH)–C–C–N with tert-alkyl or cyclic N) is 1. The first-order valence-electron chi connectivity index (χ1n) is 9.25. The van der Waals surface area contributed by atoms with Crippen LogP contribution < -0.4 is 16.0 Å². The van der Waals surface area contributed by atoms with Crippen molar-refractivity contribution in [1.82, 2.24) is 15.5 Å². The molecule has 0 radical (unpaired) electrons. The highest BCUT2D eigenvalue weighted by Gasteiger charge is 2.33. The van der Waals surface area contributed by atoms with Crippen LogP contribution in [-0.2, 0) is 11.2 Å². The standard InChI is InChI=1S/C20H24N6O2/c1-13(9-21)15-4-2-14(3-5-15)8-20(28)23-17-11-26(12-18(17)27)19-7-6-16(10-22)24-25-19/h2-7,13,17-18,27H,8-9,11-12,21H2,1H3,(H,23,28)/t13?,17-,18-/m1/s1. The Morgan fingerprint density at radius 3 is 2.68 bits per heavy atom. The lowest BCUT2D eigenvalue weighted by atomic mass is 9.99. The van der Waals surface area contributed by atoms with Crippen LogP contribution in [0.3, 0.4) is 0 Å². The molecule has 8 heteroatoms. The van der Waals surface area contributed by atoms with Gasteiger partial charge in [0, 0.05) is 13.1 Å². The van der Waals surface area contributed by atoms with E-state index in [2.05, 4.69) is 22.4 Å². The molecule has 4 N–H and O–H groups in total. The maximum atomic E-state index is 12.4. The van der Waals surface area contributed by atoms with E-state index < -0.39 is 6.10 Å². The van der Waals surface area contributed by atoms with Gasteiger partial charge >= 0.3 is 0 Å². The minimum absolute atomic E-state index is 0.142. The Labute approximate surface area is 164 Å². The Kier molecular flexibility index (Phi) is 6.19. The molecule has 146 valence electrons. The SMILES string of the molecule is CC(CN)c1ccc(CC(=O)N[C@@H]2CN(c3ccc(C#N)nn3)C[C@H]2O)cc1. The highest BCUT2D eigenvalue weighted by atomic mass is 16.3. The van der Waals surface area contributed by atoms with Gasteiger partial charge < -0.3 is 21.1 Å². The molecule has 8 nitrogen and oxygen atoms in total. The summed E-state index contributed by atoms with van der Waals surface area (Å²) < 4.78 is 0. The van der Waals surface area contributed by atoms with E-state index in [4.69, 9.17) is 11.0 Å². The summed E-state index contributed by atoms with van der Waals surface area (Å²) in [6.45, 7) is 3.42. The average Bonchev–Trinajstić information content (AvgIpc) is 3.08. The molecule has 0 saturated carbocycles. The van der Waals surface area contributed by atoms with Gasteiger partial charge in [-0.1, -0.05) is 31.2 Å². The van der Waals surface area contributed by atoms with Crippen LogP contribution in [0.15, 0.2) is 36.4 Å². The Morgan fingerprint density at radius 2 is 2.07 bits per heavy atom. The molecule has 1 saturated heterocycles. The Morgan fingerprint density at radius 1 is 1.32 bits per heavy atom. The van der Waals surface area contributed by atoms with E-state index in [1.54, 1.807) is 12.1 Å². The van der Waals surface area contributed by atoms with Gasteiger partial charge in [0.15, 0.2) is 11.5 Å². The molecule has 0 aliphatic carbocycles. The van der Waals surface area contributed by atoms with Gasteiger partial charge in [-0.25, -0.2) is 0 Å². The third kappa shape index (κ3) is 4.63. The number of aliphatic hydroxyl groups is 1. The van der Waals surface area contributed by atoms with Crippen LogP contribution >= 0.6 is 0 Å². The Bertz CT molecular complexity index is 846. The van der Waals surface area contributed by atoms with Crippen molar-refractivity contribution < 1.29 is 9.90 Å². The molecule has 1 aromatic heterocycles. The van der Waals surface area contributed by atoms with E-state index in [-0.39, 0.29) is 30.0 Å². The third-order valence-corrected chi connectivity index (χ3v) is 4.99. The Balaban J connectivity index is 1.55. The molecular weight excluding hydrogens is 356 g/mol. The molecular formula is C20H24N6O2. The summed E-state index contributed by atoms with van der Waals surface area (Å²) in [6, 6.07) is 12.7. The number of aromatic nitrogens is 2. The molecule has 28 heavy (non-hydrogen) atoms. The van der Waals surface area contributed by atoms with Gasteiger partial charge in [-0.2, -0.15) is 5.26 Å². The number of hydrogen-bond acceptors (Lipinski definition) is 7. The number of rotatable bonds is 6. The average molecular weight is 380 g/mol. The molecule has 1 aliphatic heterocycles. The van der Waals surface area contributed by atoms with Crippen LogP contribution in [0, 0.1) is 11.3 Å². The van der Waals surface area contributed by atoms with Crippen LogP contribution in [0.4, 0.5) is 5.82 Å². The monoisotopic (exact) mass is 380 g/mol. The van der Waals surface area contributed by atoms with Gasteiger partial charge in [-0.05, 0) is 35.7 Å². The van der Waals surface area contributed by atoms with Gasteiger partial charge in [0.25, 0.3) is 0 Å². The fourth-order valence-electron chi connectivity index (χ4n) is 3.21. The second kappa shape index (κ2) is 8.78. The molecule has 1 unspecified atom stereocenters. The van der Waals surface area contributed by atoms with Crippen molar-refractivity contribution in [3.05, 3.63) is 53.2 Å². The first-order chi connectivity index (χ1) is 13.5. The lowest BCUT2D eigenvalue weighted by Crippen LogP contribution is -2.43. The molecule has 1 fully saturated rings. The highest BCUT2D eigenvalue weighted by molar-refractivity contribution is 5.79. The van der Waals surface area contributed by atoms with Crippen molar-refractivity contribution >= 4 is 11.7 Å². The topological polar surface area (TPSA) is 128 Å². The quantitative estimate of drug-likeness (QED) is 0.658. The zero-order valence-corrected chi connectivity index (χ0v) is 15.7. The molecule has 2 aromatic rings. The maximum absolute atomic E-state index is 12.4. The predicted octanol–water partition coefficient (Wildman–Crippen LogP) is 0.319. The zero-order chi connectivity index (χ0) is 20.1. The number of carbonyl (C=O) groups is 1. The van der Waals surface area contributed by atoms with Crippen LogP contribution in [0.25, 0.3) is 0 Å². The van der Waals surface area contributed by atoms with Gasteiger partial charge in [-0.3, -0.25) is 4.79 Å². The predicted molar refractivity (Wildman–Crippen MR) is 105 cm³/mol. The maximum Gasteiger partial charge on any atom is 0.224 e. The molecule has 0 spiro atoms. The number of nitrogens with zero attached hydrogens (tertiary/aromatic N) is 4. The van der Waals surface area contributed by atoms with E-state index in [0.29, 0.717) is 25.5 Å². The molecule has 1 aromatic carbocycles. The van der Waals surface area contributed by atoms with Crippen molar-refractivity contribution in [2.24, 2.45) is 5.73 Å². The summed E-state index contributed by atoms with van der Waals surface area (Å²) >= 11 is 0. The zero-order valence-electron chi connectivity index (χ0n) is 15.7. The molecule has 3 rings (SSSR count). The minimum Gasteiger partial charge on any atom is -0.389 e. The fourth-order valence-corrected chi connectivity index (χ4v) is 3.21. The lowest BCUT2D eigenvalue weighted by molar-refractivity contribution is -0.121. The van der Waals surface area contributed by atoms with E-state index in [1.807, 2.05) is 35.2 Å². The first kappa shape index (κ1) is 19.7. The number of carbonyl (C=O) groups excluding carboxylic acids is 1. The largest absolute Gasteiger partial charge is 0.389 e. The number of anilines is 1. The number of nitriles is 1. The molecule has 2 heterocycles. The van der Waals surface area contributed by atoms with Gasteiger partial charge in [0.2, 0.25) is 5.91 Å². The van der Waals surface area contributed by atoms with Gasteiger partial charge in [0.05, 0.1) is 18.6 Å². The van der Waals surface area contributed by atoms with E-state index in [1.165, 1.54) is 0 Å². The van der Waals surface area contributed by atoms with E-state index in [9.17, 15) is 9.90 Å². The summed E-state index contributed by atoms with van der Waals surface area (Å²) in [6.07, 6.45) is -0.453. The number of nitrogens with one attached hydrogen (secondary N) is 1. The number of amides is 1. The van der Waals surface area contributed by atoms with Crippen molar-refractivity contribution in [3.8, 4) is 6.07 Å². The van der Waals surface area contributed by atoms with Crippen molar-refractivity contribution in [1.29, 1.82) is 5.26 Å². The molecule has 0 bridgehead atoms. The van der Waals surface area contributed by atoms with Crippen LogP contribution in [0.1, 0.15) is 29.7 Å².